The summed E-state index contributed by atoms with van der Waals surface area (Å²) < 4.78 is 3.46. The molecule has 33 heavy (non-hydrogen) atoms. The molecule has 4 rings (SSSR count). The molecule has 0 atom stereocenters. The Labute approximate surface area is 193 Å². The number of aromatic nitrogens is 2. The monoisotopic (exact) mass is 440 g/mol. The zero-order valence-corrected chi connectivity index (χ0v) is 18.8. The first-order valence-electron chi connectivity index (χ1n) is 11.3. The Hall–Kier alpha value is -3.86. The van der Waals surface area contributed by atoms with Crippen LogP contribution in [0.15, 0.2) is 89.9 Å². The first-order valence-corrected chi connectivity index (χ1v) is 11.3. The molecule has 0 spiro atoms. The first-order chi connectivity index (χ1) is 16.1. The second-order valence-corrected chi connectivity index (χ2v) is 8.22. The van der Waals surface area contributed by atoms with E-state index in [0.717, 1.165) is 36.1 Å². The maximum Gasteiger partial charge on any atom is 0.336 e. The molecule has 168 valence electrons. The highest BCUT2D eigenvalue weighted by molar-refractivity contribution is 5.97. The van der Waals surface area contributed by atoms with Crippen molar-refractivity contribution < 1.29 is 9.90 Å². The molecule has 0 amide bonds. The first kappa shape index (κ1) is 22.3. The van der Waals surface area contributed by atoms with Gasteiger partial charge in [0.2, 0.25) is 0 Å². The van der Waals surface area contributed by atoms with Gasteiger partial charge in [-0.3, -0.25) is 9.13 Å². The van der Waals surface area contributed by atoms with Gasteiger partial charge in [0.15, 0.2) is 0 Å². The smallest absolute Gasteiger partial charge is 0.336 e. The van der Waals surface area contributed by atoms with E-state index in [0.29, 0.717) is 17.7 Å². The van der Waals surface area contributed by atoms with Crippen molar-refractivity contribution in [3.63, 3.8) is 0 Å². The van der Waals surface area contributed by atoms with E-state index < -0.39 is 5.97 Å². The van der Waals surface area contributed by atoms with Gasteiger partial charge in [-0.25, -0.2) is 9.59 Å². The fraction of sp³-hybridized carbons (Fsp3) is 0.214. The zero-order valence-electron chi connectivity index (χ0n) is 18.8. The number of aryl methyl sites for hydroxylation is 1. The van der Waals surface area contributed by atoms with Crippen LogP contribution in [0, 0.1) is 0 Å². The molecule has 1 N–H and O–H groups in total. The van der Waals surface area contributed by atoms with Crippen LogP contribution in [-0.2, 0) is 19.5 Å². The lowest BCUT2D eigenvalue weighted by Crippen LogP contribution is -2.26. The summed E-state index contributed by atoms with van der Waals surface area (Å²) in [5.41, 5.74) is 4.24. The summed E-state index contributed by atoms with van der Waals surface area (Å²) in [5.74, 6) is -0.990. The molecular weight excluding hydrogens is 412 g/mol. The minimum atomic E-state index is -0.990. The molecule has 0 bridgehead atoms. The maximum absolute atomic E-state index is 13.4. The number of unbranched alkanes of at least 4 members (excludes halogenated alkanes) is 1. The van der Waals surface area contributed by atoms with E-state index in [-0.39, 0.29) is 17.8 Å². The number of rotatable bonds is 9. The van der Waals surface area contributed by atoms with Gasteiger partial charge in [0.25, 0.3) is 0 Å². The minimum absolute atomic E-state index is 0.119. The van der Waals surface area contributed by atoms with E-state index in [9.17, 15) is 14.7 Å². The lowest BCUT2D eigenvalue weighted by Gasteiger charge is -2.14. The number of nitrogens with zero attached hydrogens (tertiary/aromatic N) is 2. The van der Waals surface area contributed by atoms with E-state index in [1.807, 2.05) is 79.0 Å². The third kappa shape index (κ3) is 4.98. The van der Waals surface area contributed by atoms with Crippen molar-refractivity contribution in [2.75, 3.05) is 0 Å². The number of imidazole rings is 1. The SMILES string of the molecule is CCCCc1cn(Cc2ccccc2)c(=O)n1Cc1cccc(-c2ccccc2)c1C(=O)O. The molecule has 0 aliphatic rings. The Kier molecular flexibility index (Phi) is 6.89. The van der Waals surface area contributed by atoms with Crippen LogP contribution in [0.2, 0.25) is 0 Å². The fourth-order valence-corrected chi connectivity index (χ4v) is 4.22. The van der Waals surface area contributed by atoms with E-state index in [2.05, 4.69) is 6.92 Å². The molecule has 0 radical (unpaired) electrons. The van der Waals surface area contributed by atoms with Crippen molar-refractivity contribution in [2.24, 2.45) is 0 Å². The van der Waals surface area contributed by atoms with Gasteiger partial charge in [-0.1, -0.05) is 92.2 Å². The molecule has 0 saturated heterocycles. The lowest BCUT2D eigenvalue weighted by molar-refractivity contribution is 0.0696. The highest BCUT2D eigenvalue weighted by Gasteiger charge is 2.19. The van der Waals surface area contributed by atoms with Gasteiger partial charge in [0.05, 0.1) is 18.7 Å². The third-order valence-electron chi connectivity index (χ3n) is 5.89. The molecule has 5 heteroatoms. The molecule has 0 aliphatic heterocycles. The van der Waals surface area contributed by atoms with Crippen molar-refractivity contribution in [3.05, 3.63) is 118 Å². The van der Waals surface area contributed by atoms with Gasteiger partial charge in [0, 0.05) is 11.9 Å². The summed E-state index contributed by atoms with van der Waals surface area (Å²) in [5, 5.41) is 10.1. The molecule has 0 fully saturated rings. The van der Waals surface area contributed by atoms with Crippen LogP contribution in [0.5, 0.6) is 0 Å². The predicted octanol–water partition coefficient (Wildman–Crippen LogP) is 5.45. The summed E-state index contributed by atoms with van der Waals surface area (Å²) in [6, 6.07) is 24.9. The number of benzene rings is 3. The quantitative estimate of drug-likeness (QED) is 0.376. The van der Waals surface area contributed by atoms with Crippen LogP contribution >= 0.6 is 0 Å². The molecule has 1 heterocycles. The van der Waals surface area contributed by atoms with E-state index in [4.69, 9.17) is 0 Å². The second-order valence-electron chi connectivity index (χ2n) is 8.22. The molecule has 3 aromatic carbocycles. The Bertz CT molecular complexity index is 1290. The van der Waals surface area contributed by atoms with Crippen molar-refractivity contribution in [1.29, 1.82) is 0 Å². The number of carbonyl (C=O) groups is 1. The van der Waals surface area contributed by atoms with Crippen molar-refractivity contribution in [3.8, 4) is 11.1 Å². The number of hydrogen-bond donors (Lipinski definition) is 1. The summed E-state index contributed by atoms with van der Waals surface area (Å²) in [6.07, 6.45) is 4.67. The molecule has 0 aliphatic carbocycles. The molecule has 4 aromatic rings. The summed E-state index contributed by atoms with van der Waals surface area (Å²) >= 11 is 0. The van der Waals surface area contributed by atoms with Crippen LogP contribution < -0.4 is 5.69 Å². The van der Waals surface area contributed by atoms with E-state index in [1.165, 1.54) is 0 Å². The topological polar surface area (TPSA) is 64.2 Å². The van der Waals surface area contributed by atoms with Gasteiger partial charge in [-0.2, -0.15) is 0 Å². The van der Waals surface area contributed by atoms with Gasteiger partial charge in [-0.15, -0.1) is 0 Å². The number of hydrogen-bond acceptors (Lipinski definition) is 2. The van der Waals surface area contributed by atoms with Crippen LogP contribution in [0.1, 0.15) is 46.9 Å². The van der Waals surface area contributed by atoms with Gasteiger partial charge < -0.3 is 5.11 Å². The minimum Gasteiger partial charge on any atom is -0.478 e. The number of carboxylic acid groups (broad SMARTS) is 1. The Morgan fingerprint density at radius 2 is 1.58 bits per heavy atom. The number of carboxylic acids is 1. The van der Waals surface area contributed by atoms with E-state index >= 15 is 0 Å². The molecule has 5 nitrogen and oxygen atoms in total. The highest BCUT2D eigenvalue weighted by atomic mass is 16.4. The van der Waals surface area contributed by atoms with Crippen LogP contribution in [0.25, 0.3) is 11.1 Å². The number of aromatic carboxylic acids is 1. The van der Waals surface area contributed by atoms with Crippen LogP contribution in [0.3, 0.4) is 0 Å². The third-order valence-corrected chi connectivity index (χ3v) is 5.89. The summed E-state index contributed by atoms with van der Waals surface area (Å²) in [7, 11) is 0. The summed E-state index contributed by atoms with van der Waals surface area (Å²) in [6.45, 7) is 2.83. The van der Waals surface area contributed by atoms with Crippen LogP contribution in [-0.4, -0.2) is 20.2 Å². The van der Waals surface area contributed by atoms with Crippen molar-refractivity contribution in [2.45, 2.75) is 39.3 Å². The van der Waals surface area contributed by atoms with Gasteiger partial charge >= 0.3 is 11.7 Å². The zero-order chi connectivity index (χ0) is 23.2. The normalized spacial score (nSPS) is 10.9. The lowest BCUT2D eigenvalue weighted by atomic mass is 9.95. The average Bonchev–Trinajstić information content (AvgIpc) is 3.12. The predicted molar refractivity (Wildman–Crippen MR) is 131 cm³/mol. The average molecular weight is 441 g/mol. The van der Waals surface area contributed by atoms with Gasteiger partial charge in [0.1, 0.15) is 0 Å². The molecular formula is C28H28N2O3. The van der Waals surface area contributed by atoms with Crippen molar-refractivity contribution >= 4 is 5.97 Å². The van der Waals surface area contributed by atoms with Crippen LogP contribution in [0.4, 0.5) is 0 Å². The molecule has 0 saturated carbocycles. The van der Waals surface area contributed by atoms with E-state index in [1.54, 1.807) is 15.2 Å². The highest BCUT2D eigenvalue weighted by Crippen LogP contribution is 2.27. The van der Waals surface area contributed by atoms with Gasteiger partial charge in [-0.05, 0) is 35.1 Å². The largest absolute Gasteiger partial charge is 0.478 e. The molecule has 0 unspecified atom stereocenters. The summed E-state index contributed by atoms with van der Waals surface area (Å²) in [4.78, 5) is 25.7. The Morgan fingerprint density at radius 3 is 2.24 bits per heavy atom. The maximum atomic E-state index is 13.4. The Balaban J connectivity index is 1.77. The Morgan fingerprint density at radius 1 is 0.879 bits per heavy atom. The second kappa shape index (κ2) is 10.2. The standard InChI is InChI=1S/C28H28N2O3/c1-2-3-16-24-20-29(18-21-11-6-4-7-12-21)28(33)30(24)19-23-15-10-17-25(26(23)27(31)32)22-13-8-5-9-14-22/h4-15,17,20H,2-3,16,18-19H2,1H3,(H,31,32). The fourth-order valence-electron chi connectivity index (χ4n) is 4.22. The molecule has 1 aromatic heterocycles. The van der Waals surface area contributed by atoms with Crippen molar-refractivity contribution in [1.82, 2.24) is 9.13 Å².